The monoisotopic (exact) mass is 262 g/mol. The van der Waals surface area contributed by atoms with Crippen LogP contribution in [0.3, 0.4) is 0 Å². The van der Waals surface area contributed by atoms with E-state index < -0.39 is 0 Å². The molecule has 104 valence electrons. The molecule has 2 heterocycles. The van der Waals surface area contributed by atoms with Crippen LogP contribution in [0.2, 0.25) is 0 Å². The number of amides is 1. The maximum atomic E-state index is 11.7. The average molecular weight is 262 g/mol. The second kappa shape index (κ2) is 6.12. The molecule has 4 N–H and O–H groups in total. The Bertz CT molecular complexity index is 421. The van der Waals surface area contributed by atoms with Crippen molar-refractivity contribution in [2.24, 2.45) is 11.5 Å². The molecule has 1 aromatic heterocycles. The van der Waals surface area contributed by atoms with Gasteiger partial charge in [0.15, 0.2) is 0 Å². The molecule has 0 spiro atoms. The molecule has 1 saturated heterocycles. The number of rotatable bonds is 4. The summed E-state index contributed by atoms with van der Waals surface area (Å²) < 4.78 is 0. The molecule has 1 amide bonds. The zero-order valence-corrected chi connectivity index (χ0v) is 11.3. The Morgan fingerprint density at radius 2 is 2.11 bits per heavy atom. The first-order valence-electron chi connectivity index (χ1n) is 6.82. The van der Waals surface area contributed by atoms with Crippen LogP contribution in [0.4, 0.5) is 0 Å². The normalized spacial score (nSPS) is 23.8. The van der Waals surface area contributed by atoms with Gasteiger partial charge in [0.1, 0.15) is 0 Å². The number of piperidine rings is 1. The number of hydrogen-bond acceptors (Lipinski definition) is 4. The van der Waals surface area contributed by atoms with E-state index in [9.17, 15) is 4.79 Å². The summed E-state index contributed by atoms with van der Waals surface area (Å²) >= 11 is 0. The lowest BCUT2D eigenvalue weighted by atomic mass is 9.93. The molecule has 5 heteroatoms. The second-order valence-electron chi connectivity index (χ2n) is 5.24. The minimum Gasteiger partial charge on any atom is -0.368 e. The van der Waals surface area contributed by atoms with Gasteiger partial charge in [0.2, 0.25) is 5.91 Å². The SMILES string of the molecule is CC(N)C(c1ccncc1)N1CCCCC1C(N)=O. The van der Waals surface area contributed by atoms with Crippen molar-refractivity contribution >= 4 is 5.91 Å². The number of primary amides is 1. The molecule has 3 unspecified atom stereocenters. The smallest absolute Gasteiger partial charge is 0.234 e. The molecular formula is C14H22N4O. The summed E-state index contributed by atoms with van der Waals surface area (Å²) in [5.74, 6) is -0.251. The number of nitrogens with zero attached hydrogens (tertiary/aromatic N) is 2. The highest BCUT2D eigenvalue weighted by Gasteiger charge is 2.34. The molecule has 3 atom stereocenters. The highest BCUT2D eigenvalue weighted by atomic mass is 16.1. The standard InChI is InChI=1S/C14H22N4O/c1-10(15)13(11-5-7-17-8-6-11)18-9-3-2-4-12(18)14(16)19/h5-8,10,12-13H,2-4,9,15H2,1H3,(H2,16,19). The third-order valence-corrected chi connectivity index (χ3v) is 3.78. The first-order valence-corrected chi connectivity index (χ1v) is 6.82. The molecule has 1 fully saturated rings. The van der Waals surface area contributed by atoms with Gasteiger partial charge < -0.3 is 11.5 Å². The van der Waals surface area contributed by atoms with Gasteiger partial charge in [-0.2, -0.15) is 0 Å². The zero-order valence-electron chi connectivity index (χ0n) is 11.3. The van der Waals surface area contributed by atoms with Crippen LogP contribution in [-0.4, -0.2) is 34.4 Å². The molecule has 1 aliphatic rings. The molecule has 1 aliphatic heterocycles. The highest BCUT2D eigenvalue weighted by molar-refractivity contribution is 5.80. The van der Waals surface area contributed by atoms with Crippen molar-refractivity contribution in [1.82, 2.24) is 9.88 Å². The van der Waals surface area contributed by atoms with Gasteiger partial charge in [-0.1, -0.05) is 6.42 Å². The number of hydrogen-bond donors (Lipinski definition) is 2. The molecule has 5 nitrogen and oxygen atoms in total. The lowest BCUT2D eigenvalue weighted by Crippen LogP contribution is -2.52. The van der Waals surface area contributed by atoms with Gasteiger partial charge in [0, 0.05) is 18.4 Å². The molecule has 0 bridgehead atoms. The van der Waals surface area contributed by atoms with Crippen LogP contribution in [0.5, 0.6) is 0 Å². The molecule has 0 aromatic carbocycles. The number of carbonyl (C=O) groups excluding carboxylic acids is 1. The van der Waals surface area contributed by atoms with Crippen LogP contribution in [0, 0.1) is 0 Å². The fourth-order valence-electron chi connectivity index (χ4n) is 2.95. The minimum absolute atomic E-state index is 0.0146. The zero-order chi connectivity index (χ0) is 13.8. The van der Waals surface area contributed by atoms with Crippen LogP contribution in [0.15, 0.2) is 24.5 Å². The van der Waals surface area contributed by atoms with Crippen LogP contribution < -0.4 is 11.5 Å². The lowest BCUT2D eigenvalue weighted by Gasteiger charge is -2.41. The summed E-state index contributed by atoms with van der Waals surface area (Å²) in [5.41, 5.74) is 12.8. The Balaban J connectivity index is 2.30. The summed E-state index contributed by atoms with van der Waals surface area (Å²) in [4.78, 5) is 17.8. The molecule has 0 aliphatic carbocycles. The number of carbonyl (C=O) groups is 1. The summed E-state index contributed by atoms with van der Waals surface area (Å²) in [6.07, 6.45) is 6.47. The third-order valence-electron chi connectivity index (χ3n) is 3.78. The number of likely N-dealkylation sites (tertiary alicyclic amines) is 1. The largest absolute Gasteiger partial charge is 0.368 e. The van der Waals surface area contributed by atoms with E-state index in [2.05, 4.69) is 9.88 Å². The van der Waals surface area contributed by atoms with Gasteiger partial charge in [0.25, 0.3) is 0 Å². The van der Waals surface area contributed by atoms with Gasteiger partial charge in [-0.3, -0.25) is 14.7 Å². The number of pyridine rings is 1. The molecule has 0 radical (unpaired) electrons. The molecule has 0 saturated carbocycles. The van der Waals surface area contributed by atoms with E-state index >= 15 is 0 Å². The number of nitrogens with two attached hydrogens (primary N) is 2. The van der Waals surface area contributed by atoms with Crippen LogP contribution in [0.25, 0.3) is 0 Å². The predicted octanol–water partition coefficient (Wildman–Crippen LogP) is 0.810. The van der Waals surface area contributed by atoms with Crippen LogP contribution in [-0.2, 0) is 4.79 Å². The van der Waals surface area contributed by atoms with Crippen molar-refractivity contribution in [3.05, 3.63) is 30.1 Å². The summed E-state index contributed by atoms with van der Waals surface area (Å²) in [6, 6.07) is 3.66. The van der Waals surface area contributed by atoms with Crippen molar-refractivity contribution < 1.29 is 4.79 Å². The van der Waals surface area contributed by atoms with Crippen molar-refractivity contribution in [2.45, 2.75) is 44.3 Å². The fraction of sp³-hybridized carbons (Fsp3) is 0.571. The Labute approximate surface area is 114 Å². The van der Waals surface area contributed by atoms with Gasteiger partial charge in [-0.05, 0) is 44.0 Å². The topological polar surface area (TPSA) is 85.2 Å². The van der Waals surface area contributed by atoms with E-state index in [1.54, 1.807) is 12.4 Å². The molecular weight excluding hydrogens is 240 g/mol. The van der Waals surface area contributed by atoms with Crippen LogP contribution in [0.1, 0.15) is 37.8 Å². The third kappa shape index (κ3) is 3.11. The maximum Gasteiger partial charge on any atom is 0.234 e. The van der Waals surface area contributed by atoms with E-state index in [1.807, 2.05) is 19.1 Å². The lowest BCUT2D eigenvalue weighted by molar-refractivity contribution is -0.125. The van der Waals surface area contributed by atoms with Gasteiger partial charge in [-0.15, -0.1) is 0 Å². The Hall–Kier alpha value is -1.46. The van der Waals surface area contributed by atoms with E-state index in [-0.39, 0.29) is 24.0 Å². The Morgan fingerprint density at radius 3 is 2.68 bits per heavy atom. The summed E-state index contributed by atoms with van der Waals surface area (Å²) in [7, 11) is 0. The second-order valence-corrected chi connectivity index (χ2v) is 5.24. The van der Waals surface area contributed by atoms with E-state index in [4.69, 9.17) is 11.5 Å². The Morgan fingerprint density at radius 1 is 1.42 bits per heavy atom. The van der Waals surface area contributed by atoms with Gasteiger partial charge in [-0.25, -0.2) is 0 Å². The van der Waals surface area contributed by atoms with E-state index in [0.29, 0.717) is 0 Å². The first kappa shape index (κ1) is 14.0. The molecule has 1 aromatic rings. The van der Waals surface area contributed by atoms with Gasteiger partial charge >= 0.3 is 0 Å². The number of aromatic nitrogens is 1. The van der Waals surface area contributed by atoms with E-state index in [0.717, 1.165) is 31.4 Å². The summed E-state index contributed by atoms with van der Waals surface area (Å²) in [5, 5.41) is 0. The minimum atomic E-state index is -0.251. The molecule has 19 heavy (non-hydrogen) atoms. The fourth-order valence-corrected chi connectivity index (χ4v) is 2.95. The quantitative estimate of drug-likeness (QED) is 0.841. The van der Waals surface area contributed by atoms with Crippen LogP contribution >= 0.6 is 0 Å². The van der Waals surface area contributed by atoms with Crippen molar-refractivity contribution in [3.8, 4) is 0 Å². The van der Waals surface area contributed by atoms with Crippen molar-refractivity contribution in [2.75, 3.05) is 6.54 Å². The predicted molar refractivity (Wildman–Crippen MR) is 74.2 cm³/mol. The van der Waals surface area contributed by atoms with Gasteiger partial charge in [0.05, 0.1) is 12.1 Å². The van der Waals surface area contributed by atoms with Crippen molar-refractivity contribution in [1.29, 1.82) is 0 Å². The molecule has 2 rings (SSSR count). The Kier molecular flexibility index (Phi) is 4.50. The maximum absolute atomic E-state index is 11.7. The highest BCUT2D eigenvalue weighted by Crippen LogP contribution is 2.30. The van der Waals surface area contributed by atoms with Crippen molar-refractivity contribution in [3.63, 3.8) is 0 Å². The first-order chi connectivity index (χ1) is 9.11. The summed E-state index contributed by atoms with van der Waals surface area (Å²) in [6.45, 7) is 2.83. The van der Waals surface area contributed by atoms with E-state index in [1.165, 1.54) is 0 Å². The average Bonchev–Trinajstić information content (AvgIpc) is 2.40.